The van der Waals surface area contributed by atoms with Crippen LogP contribution in [0.5, 0.6) is 0 Å². The van der Waals surface area contributed by atoms with E-state index in [4.69, 9.17) is 5.73 Å². The molecule has 1 fully saturated rings. The number of anilines is 1. The van der Waals surface area contributed by atoms with Gasteiger partial charge in [-0.25, -0.2) is 4.79 Å². The molecular formula is C11H18N4O. The van der Waals surface area contributed by atoms with Crippen LogP contribution in [-0.2, 0) is 0 Å². The Hall–Kier alpha value is -1.36. The first kappa shape index (κ1) is 11.1. The van der Waals surface area contributed by atoms with Crippen molar-refractivity contribution in [1.29, 1.82) is 0 Å². The van der Waals surface area contributed by atoms with Crippen molar-refractivity contribution in [3.8, 4) is 0 Å². The highest BCUT2D eigenvalue weighted by Gasteiger charge is 2.18. The molecular weight excluding hydrogens is 204 g/mol. The molecule has 0 bridgehead atoms. The van der Waals surface area contributed by atoms with Gasteiger partial charge in [-0.05, 0) is 25.8 Å². The van der Waals surface area contributed by atoms with Crippen molar-refractivity contribution in [2.45, 2.75) is 32.4 Å². The lowest BCUT2D eigenvalue weighted by Gasteiger charge is -2.32. The summed E-state index contributed by atoms with van der Waals surface area (Å²) in [6, 6.07) is 1.67. The summed E-state index contributed by atoms with van der Waals surface area (Å²) in [4.78, 5) is 17.7. The number of likely N-dealkylation sites (tertiary alicyclic amines) is 1. The highest BCUT2D eigenvalue weighted by atomic mass is 16.1. The van der Waals surface area contributed by atoms with E-state index in [0.29, 0.717) is 0 Å². The standard InChI is InChI=1S/C11H18N4O/c1-9(14-6-3-2-4-7-14)15-8-5-10(12)13-11(15)16/h5,8-9H,2-4,6-7H2,1H3,(H2,12,13,16). The Morgan fingerprint density at radius 2 is 2.06 bits per heavy atom. The summed E-state index contributed by atoms with van der Waals surface area (Å²) in [5.74, 6) is 0.284. The first-order valence-corrected chi connectivity index (χ1v) is 5.77. The topological polar surface area (TPSA) is 64.2 Å². The van der Waals surface area contributed by atoms with Gasteiger partial charge in [-0.2, -0.15) is 4.98 Å². The molecule has 0 aromatic carbocycles. The summed E-state index contributed by atoms with van der Waals surface area (Å²) < 4.78 is 1.64. The van der Waals surface area contributed by atoms with Gasteiger partial charge in [-0.15, -0.1) is 0 Å². The second kappa shape index (κ2) is 4.65. The number of rotatable bonds is 2. The van der Waals surface area contributed by atoms with E-state index in [0.717, 1.165) is 13.1 Å². The van der Waals surface area contributed by atoms with E-state index in [1.54, 1.807) is 16.8 Å². The van der Waals surface area contributed by atoms with Gasteiger partial charge in [0.15, 0.2) is 0 Å². The molecule has 5 heteroatoms. The van der Waals surface area contributed by atoms with Gasteiger partial charge in [0.05, 0.1) is 6.17 Å². The Bertz CT molecular complexity index is 409. The summed E-state index contributed by atoms with van der Waals surface area (Å²) >= 11 is 0. The van der Waals surface area contributed by atoms with Crippen molar-refractivity contribution < 1.29 is 0 Å². The van der Waals surface area contributed by atoms with Crippen LogP contribution in [0.3, 0.4) is 0 Å². The molecule has 0 saturated carbocycles. The van der Waals surface area contributed by atoms with E-state index >= 15 is 0 Å². The Labute approximate surface area is 94.9 Å². The molecule has 2 heterocycles. The number of aromatic nitrogens is 2. The lowest BCUT2D eigenvalue weighted by atomic mass is 10.1. The van der Waals surface area contributed by atoms with Crippen LogP contribution in [-0.4, -0.2) is 27.5 Å². The quantitative estimate of drug-likeness (QED) is 0.805. The van der Waals surface area contributed by atoms with Crippen LogP contribution in [0, 0.1) is 0 Å². The molecule has 1 aromatic rings. The molecule has 1 unspecified atom stereocenters. The van der Waals surface area contributed by atoms with E-state index in [-0.39, 0.29) is 17.7 Å². The third-order valence-corrected chi connectivity index (χ3v) is 3.17. The predicted octanol–water partition coefficient (Wildman–Crippen LogP) is 0.830. The maximum absolute atomic E-state index is 11.7. The fraction of sp³-hybridized carbons (Fsp3) is 0.636. The van der Waals surface area contributed by atoms with Gasteiger partial charge in [-0.1, -0.05) is 6.42 Å². The number of nitrogens with two attached hydrogens (primary N) is 1. The Morgan fingerprint density at radius 1 is 1.38 bits per heavy atom. The Balaban J connectivity index is 2.19. The third-order valence-electron chi connectivity index (χ3n) is 3.17. The molecule has 0 amide bonds. The zero-order chi connectivity index (χ0) is 11.5. The molecule has 2 rings (SSSR count). The maximum Gasteiger partial charge on any atom is 0.350 e. The van der Waals surface area contributed by atoms with E-state index < -0.39 is 0 Å². The molecule has 5 nitrogen and oxygen atoms in total. The van der Waals surface area contributed by atoms with Crippen molar-refractivity contribution >= 4 is 5.82 Å². The molecule has 1 aliphatic heterocycles. The van der Waals surface area contributed by atoms with Gasteiger partial charge in [0.1, 0.15) is 5.82 Å². The van der Waals surface area contributed by atoms with Gasteiger partial charge in [0.2, 0.25) is 0 Å². The third kappa shape index (κ3) is 2.24. The van der Waals surface area contributed by atoms with E-state index in [9.17, 15) is 4.79 Å². The van der Waals surface area contributed by atoms with Crippen molar-refractivity contribution in [3.05, 3.63) is 22.7 Å². The largest absolute Gasteiger partial charge is 0.383 e. The van der Waals surface area contributed by atoms with E-state index in [1.165, 1.54) is 19.3 Å². The molecule has 1 saturated heterocycles. The minimum Gasteiger partial charge on any atom is -0.383 e. The molecule has 0 aliphatic carbocycles. The summed E-state index contributed by atoms with van der Waals surface area (Å²) in [5.41, 5.74) is 5.20. The van der Waals surface area contributed by atoms with Gasteiger partial charge in [0.25, 0.3) is 0 Å². The Kier molecular flexibility index (Phi) is 3.24. The van der Waals surface area contributed by atoms with Crippen LogP contribution < -0.4 is 11.4 Å². The molecule has 16 heavy (non-hydrogen) atoms. The lowest BCUT2D eigenvalue weighted by molar-refractivity contribution is 0.123. The average molecular weight is 222 g/mol. The van der Waals surface area contributed by atoms with Gasteiger partial charge >= 0.3 is 5.69 Å². The molecule has 1 aliphatic rings. The monoisotopic (exact) mass is 222 g/mol. The average Bonchev–Trinajstić information content (AvgIpc) is 2.29. The fourth-order valence-electron chi connectivity index (χ4n) is 2.18. The molecule has 2 N–H and O–H groups in total. The van der Waals surface area contributed by atoms with Crippen LogP contribution >= 0.6 is 0 Å². The number of piperidine rings is 1. The summed E-state index contributed by atoms with van der Waals surface area (Å²) in [6.45, 7) is 4.14. The number of hydrogen-bond acceptors (Lipinski definition) is 4. The lowest BCUT2D eigenvalue weighted by Crippen LogP contribution is -2.39. The molecule has 1 aromatic heterocycles. The van der Waals surface area contributed by atoms with Crippen LogP contribution in [0.1, 0.15) is 32.4 Å². The summed E-state index contributed by atoms with van der Waals surface area (Å²) in [7, 11) is 0. The minimum absolute atomic E-state index is 0.0703. The van der Waals surface area contributed by atoms with Crippen molar-refractivity contribution in [3.63, 3.8) is 0 Å². The number of nitrogens with zero attached hydrogens (tertiary/aromatic N) is 3. The van der Waals surface area contributed by atoms with Crippen molar-refractivity contribution in [2.75, 3.05) is 18.8 Å². The van der Waals surface area contributed by atoms with Crippen LogP contribution in [0.2, 0.25) is 0 Å². The minimum atomic E-state index is -0.266. The van der Waals surface area contributed by atoms with E-state index in [1.807, 2.05) is 6.92 Å². The SMILES string of the molecule is CC(N1CCCCC1)n1ccc(N)nc1=O. The first-order valence-electron chi connectivity index (χ1n) is 5.77. The first-order chi connectivity index (χ1) is 7.68. The molecule has 0 spiro atoms. The fourth-order valence-corrected chi connectivity index (χ4v) is 2.18. The zero-order valence-electron chi connectivity index (χ0n) is 9.59. The van der Waals surface area contributed by atoms with Crippen molar-refractivity contribution in [2.24, 2.45) is 0 Å². The number of nitrogen functional groups attached to an aromatic ring is 1. The second-order valence-corrected chi connectivity index (χ2v) is 4.27. The second-order valence-electron chi connectivity index (χ2n) is 4.27. The smallest absolute Gasteiger partial charge is 0.350 e. The molecule has 0 radical (unpaired) electrons. The molecule has 1 atom stereocenters. The highest BCUT2D eigenvalue weighted by molar-refractivity contribution is 5.23. The van der Waals surface area contributed by atoms with Gasteiger partial charge < -0.3 is 5.73 Å². The van der Waals surface area contributed by atoms with Crippen molar-refractivity contribution in [1.82, 2.24) is 14.5 Å². The summed E-state index contributed by atoms with van der Waals surface area (Å²) in [5, 5.41) is 0. The molecule has 88 valence electrons. The van der Waals surface area contributed by atoms with Crippen LogP contribution in [0.4, 0.5) is 5.82 Å². The van der Waals surface area contributed by atoms with Gasteiger partial charge in [-0.3, -0.25) is 9.47 Å². The van der Waals surface area contributed by atoms with Crippen LogP contribution in [0.15, 0.2) is 17.1 Å². The van der Waals surface area contributed by atoms with Gasteiger partial charge in [0, 0.05) is 19.3 Å². The summed E-state index contributed by atoms with van der Waals surface area (Å²) in [6.07, 6.45) is 5.51. The van der Waals surface area contributed by atoms with E-state index in [2.05, 4.69) is 9.88 Å². The Morgan fingerprint density at radius 3 is 2.69 bits per heavy atom. The maximum atomic E-state index is 11.7. The highest BCUT2D eigenvalue weighted by Crippen LogP contribution is 2.17. The predicted molar refractivity (Wildman–Crippen MR) is 63.0 cm³/mol. The normalized spacial score (nSPS) is 19.6. The number of hydrogen-bond donors (Lipinski definition) is 1. The zero-order valence-corrected chi connectivity index (χ0v) is 9.59. The van der Waals surface area contributed by atoms with Crippen LogP contribution in [0.25, 0.3) is 0 Å².